The molecule has 0 radical (unpaired) electrons. The highest BCUT2D eigenvalue weighted by atomic mass is 16.5. The van der Waals surface area contributed by atoms with Crippen molar-refractivity contribution in [2.75, 3.05) is 32.2 Å². The Balaban J connectivity index is 3.12. The summed E-state index contributed by atoms with van der Waals surface area (Å²) >= 11 is 0. The predicted octanol–water partition coefficient (Wildman–Crippen LogP) is 1.45. The van der Waals surface area contributed by atoms with E-state index in [4.69, 9.17) is 15.2 Å². The SMILES string of the molecule is CCC(CC)N(CCN)c1nc(OC)cc(OC)n1. The Labute approximate surface area is 114 Å². The lowest BCUT2D eigenvalue weighted by atomic mass is 10.1. The van der Waals surface area contributed by atoms with Crippen LogP contribution in [0.4, 0.5) is 5.95 Å². The lowest BCUT2D eigenvalue weighted by molar-refractivity contribution is 0.370. The molecule has 1 aromatic heterocycles. The number of hydrogen-bond donors (Lipinski definition) is 1. The third kappa shape index (κ3) is 3.96. The number of anilines is 1. The van der Waals surface area contributed by atoms with E-state index in [0.29, 0.717) is 36.8 Å². The van der Waals surface area contributed by atoms with Crippen LogP contribution in [0.2, 0.25) is 0 Å². The monoisotopic (exact) mass is 268 g/mol. The third-order valence-corrected chi connectivity index (χ3v) is 3.10. The Kier molecular flexibility index (Phi) is 6.35. The molecule has 0 aliphatic rings. The molecule has 0 fully saturated rings. The van der Waals surface area contributed by atoms with E-state index < -0.39 is 0 Å². The molecule has 0 atom stereocenters. The minimum Gasteiger partial charge on any atom is -0.481 e. The first-order valence-corrected chi connectivity index (χ1v) is 6.63. The first kappa shape index (κ1) is 15.5. The summed E-state index contributed by atoms with van der Waals surface area (Å²) in [6.45, 7) is 5.56. The van der Waals surface area contributed by atoms with Gasteiger partial charge in [-0.1, -0.05) is 13.8 Å². The molecule has 0 aliphatic carbocycles. The highest BCUT2D eigenvalue weighted by Gasteiger charge is 2.19. The van der Waals surface area contributed by atoms with Gasteiger partial charge in [-0.2, -0.15) is 9.97 Å². The van der Waals surface area contributed by atoms with Crippen molar-refractivity contribution in [1.82, 2.24) is 9.97 Å². The zero-order valence-electron chi connectivity index (χ0n) is 12.2. The van der Waals surface area contributed by atoms with E-state index in [1.807, 2.05) is 0 Å². The fourth-order valence-corrected chi connectivity index (χ4v) is 2.04. The van der Waals surface area contributed by atoms with Crippen molar-refractivity contribution in [1.29, 1.82) is 0 Å². The number of ether oxygens (including phenoxy) is 2. The van der Waals surface area contributed by atoms with Crippen molar-refractivity contribution in [3.8, 4) is 11.8 Å². The molecule has 1 heterocycles. The molecule has 0 aromatic carbocycles. The standard InChI is InChI=1S/C13H24N4O2/c1-5-10(6-2)17(8-7-14)13-15-11(18-3)9-12(16-13)19-4/h9-10H,5-8,14H2,1-4H3. The summed E-state index contributed by atoms with van der Waals surface area (Å²) in [7, 11) is 3.16. The predicted molar refractivity (Wildman–Crippen MR) is 75.9 cm³/mol. The fourth-order valence-electron chi connectivity index (χ4n) is 2.04. The van der Waals surface area contributed by atoms with Gasteiger partial charge in [0, 0.05) is 19.1 Å². The lowest BCUT2D eigenvalue weighted by Gasteiger charge is -2.30. The second kappa shape index (κ2) is 7.78. The van der Waals surface area contributed by atoms with E-state index in [9.17, 15) is 0 Å². The molecule has 0 saturated carbocycles. The molecule has 0 amide bonds. The van der Waals surface area contributed by atoms with Gasteiger partial charge >= 0.3 is 0 Å². The summed E-state index contributed by atoms with van der Waals surface area (Å²) in [5.41, 5.74) is 5.70. The van der Waals surface area contributed by atoms with Crippen molar-refractivity contribution in [3.63, 3.8) is 0 Å². The summed E-state index contributed by atoms with van der Waals surface area (Å²) in [6, 6.07) is 2.03. The van der Waals surface area contributed by atoms with Crippen molar-refractivity contribution >= 4 is 5.95 Å². The summed E-state index contributed by atoms with van der Waals surface area (Å²) < 4.78 is 10.4. The molecule has 0 spiro atoms. The molecule has 6 heteroatoms. The van der Waals surface area contributed by atoms with Gasteiger partial charge in [-0.3, -0.25) is 0 Å². The molecular weight excluding hydrogens is 244 g/mol. The second-order valence-electron chi connectivity index (χ2n) is 4.21. The van der Waals surface area contributed by atoms with Crippen LogP contribution in [0.15, 0.2) is 6.07 Å². The van der Waals surface area contributed by atoms with Crippen LogP contribution in [0, 0.1) is 0 Å². The summed E-state index contributed by atoms with van der Waals surface area (Å²) in [5.74, 6) is 1.60. The molecule has 108 valence electrons. The van der Waals surface area contributed by atoms with Crippen LogP contribution in [0.5, 0.6) is 11.8 Å². The molecule has 19 heavy (non-hydrogen) atoms. The van der Waals surface area contributed by atoms with Gasteiger partial charge in [-0.05, 0) is 12.8 Å². The normalized spacial score (nSPS) is 10.6. The van der Waals surface area contributed by atoms with Gasteiger partial charge in [0.2, 0.25) is 17.7 Å². The van der Waals surface area contributed by atoms with Gasteiger partial charge in [-0.15, -0.1) is 0 Å². The molecule has 1 aromatic rings. The van der Waals surface area contributed by atoms with Crippen LogP contribution in [-0.4, -0.2) is 43.3 Å². The number of rotatable bonds is 8. The van der Waals surface area contributed by atoms with Crippen LogP contribution < -0.4 is 20.1 Å². The molecular formula is C13H24N4O2. The number of aromatic nitrogens is 2. The number of methoxy groups -OCH3 is 2. The maximum absolute atomic E-state index is 5.70. The molecule has 1 rings (SSSR count). The topological polar surface area (TPSA) is 73.5 Å². The maximum Gasteiger partial charge on any atom is 0.232 e. The first-order valence-electron chi connectivity index (χ1n) is 6.63. The molecule has 0 aliphatic heterocycles. The van der Waals surface area contributed by atoms with E-state index in [1.165, 1.54) is 0 Å². The van der Waals surface area contributed by atoms with Crippen LogP contribution in [0.3, 0.4) is 0 Å². The summed E-state index contributed by atoms with van der Waals surface area (Å²) in [4.78, 5) is 10.9. The maximum atomic E-state index is 5.70. The van der Waals surface area contributed by atoms with Crippen molar-refractivity contribution < 1.29 is 9.47 Å². The van der Waals surface area contributed by atoms with E-state index >= 15 is 0 Å². The largest absolute Gasteiger partial charge is 0.481 e. The van der Waals surface area contributed by atoms with Gasteiger partial charge in [0.05, 0.1) is 20.3 Å². The van der Waals surface area contributed by atoms with Crippen LogP contribution in [-0.2, 0) is 0 Å². The molecule has 6 nitrogen and oxygen atoms in total. The minimum atomic E-state index is 0.361. The van der Waals surface area contributed by atoms with E-state index in [2.05, 4.69) is 28.7 Å². The number of nitrogens with zero attached hydrogens (tertiary/aromatic N) is 3. The molecule has 0 unspecified atom stereocenters. The number of hydrogen-bond acceptors (Lipinski definition) is 6. The van der Waals surface area contributed by atoms with Crippen molar-refractivity contribution in [3.05, 3.63) is 6.07 Å². The fraction of sp³-hybridized carbons (Fsp3) is 0.692. The van der Waals surface area contributed by atoms with Crippen LogP contribution in [0.1, 0.15) is 26.7 Å². The van der Waals surface area contributed by atoms with Crippen LogP contribution in [0.25, 0.3) is 0 Å². The Hall–Kier alpha value is -1.56. The average molecular weight is 268 g/mol. The van der Waals surface area contributed by atoms with E-state index in [-0.39, 0.29) is 0 Å². The van der Waals surface area contributed by atoms with Gasteiger partial charge in [-0.25, -0.2) is 0 Å². The van der Waals surface area contributed by atoms with Gasteiger partial charge in [0.25, 0.3) is 0 Å². The molecule has 0 saturated heterocycles. The lowest BCUT2D eigenvalue weighted by Crippen LogP contribution is -2.39. The zero-order chi connectivity index (χ0) is 14.3. The quantitative estimate of drug-likeness (QED) is 0.769. The van der Waals surface area contributed by atoms with Gasteiger partial charge in [0.15, 0.2) is 0 Å². The number of nitrogens with two attached hydrogens (primary N) is 1. The Morgan fingerprint density at radius 1 is 1.16 bits per heavy atom. The molecule has 0 bridgehead atoms. The first-order chi connectivity index (χ1) is 9.19. The Morgan fingerprint density at radius 3 is 2.05 bits per heavy atom. The average Bonchev–Trinajstić information content (AvgIpc) is 2.46. The van der Waals surface area contributed by atoms with Crippen molar-refractivity contribution in [2.24, 2.45) is 5.73 Å². The van der Waals surface area contributed by atoms with Gasteiger partial charge in [0.1, 0.15) is 0 Å². The third-order valence-electron chi connectivity index (χ3n) is 3.10. The Morgan fingerprint density at radius 2 is 1.68 bits per heavy atom. The minimum absolute atomic E-state index is 0.361. The van der Waals surface area contributed by atoms with Gasteiger partial charge < -0.3 is 20.1 Å². The zero-order valence-corrected chi connectivity index (χ0v) is 12.2. The van der Waals surface area contributed by atoms with E-state index in [1.54, 1.807) is 20.3 Å². The van der Waals surface area contributed by atoms with E-state index in [0.717, 1.165) is 12.8 Å². The van der Waals surface area contributed by atoms with Crippen molar-refractivity contribution in [2.45, 2.75) is 32.7 Å². The highest BCUT2D eigenvalue weighted by molar-refractivity contribution is 5.38. The molecule has 2 N–H and O–H groups in total. The van der Waals surface area contributed by atoms with Crippen LogP contribution >= 0.6 is 0 Å². The summed E-state index contributed by atoms with van der Waals surface area (Å²) in [6.07, 6.45) is 2.03. The Bertz CT molecular complexity index is 361. The smallest absolute Gasteiger partial charge is 0.232 e. The second-order valence-corrected chi connectivity index (χ2v) is 4.21. The highest BCUT2D eigenvalue weighted by Crippen LogP contribution is 2.23. The summed E-state index contributed by atoms with van der Waals surface area (Å²) in [5, 5.41) is 0.